The van der Waals surface area contributed by atoms with Gasteiger partial charge in [-0.3, -0.25) is 14.3 Å². The number of aromatic nitrogens is 3. The van der Waals surface area contributed by atoms with Crippen LogP contribution in [0.4, 0.5) is 5.69 Å². The number of nitrogens with zero attached hydrogens (tertiary/aromatic N) is 3. The maximum atomic E-state index is 12.2. The van der Waals surface area contributed by atoms with Crippen molar-refractivity contribution in [1.29, 1.82) is 5.26 Å². The summed E-state index contributed by atoms with van der Waals surface area (Å²) in [4.78, 5) is 30.1. The summed E-state index contributed by atoms with van der Waals surface area (Å²) in [7, 11) is 0. The van der Waals surface area contributed by atoms with Gasteiger partial charge >= 0.3 is 5.69 Å². The summed E-state index contributed by atoms with van der Waals surface area (Å²) in [6, 6.07) is 15.9. The minimum absolute atomic E-state index is 0. The summed E-state index contributed by atoms with van der Waals surface area (Å²) in [6.45, 7) is 0. The number of hydrogen-bond donors (Lipinski definition) is 2. The van der Waals surface area contributed by atoms with Crippen LogP contribution in [0, 0.1) is 11.3 Å². The Labute approximate surface area is 153 Å². The van der Waals surface area contributed by atoms with Crippen LogP contribution in [0.5, 0.6) is 0 Å². The van der Waals surface area contributed by atoms with Crippen molar-refractivity contribution in [3.8, 4) is 23.1 Å². The highest BCUT2D eigenvalue weighted by Gasteiger charge is 2.18. The van der Waals surface area contributed by atoms with E-state index in [0.717, 1.165) is 5.39 Å². The maximum Gasteiger partial charge on any atom is 0.349 e. The molecule has 2 aromatic carbocycles. The number of hydrogen-bond acceptors (Lipinski definition) is 5. The topological polar surface area (TPSA) is 118 Å². The molecule has 2 aliphatic rings. The van der Waals surface area contributed by atoms with Gasteiger partial charge in [0.2, 0.25) is 0 Å². The first-order valence-electron chi connectivity index (χ1n) is 7.43. The molecule has 2 aromatic rings. The zero-order valence-electron chi connectivity index (χ0n) is 13.3. The number of nitriles is 1. The Morgan fingerprint density at radius 2 is 1.92 bits per heavy atom. The van der Waals surface area contributed by atoms with E-state index in [9.17, 15) is 14.9 Å². The third-order valence-corrected chi connectivity index (χ3v) is 3.95. The molecule has 8 heteroatoms. The number of halogens is 1. The first kappa shape index (κ1) is 17.2. The normalized spacial score (nSPS) is 10.4. The number of pyridine rings is 1. The van der Waals surface area contributed by atoms with Gasteiger partial charge in [-0.1, -0.05) is 12.1 Å². The second-order valence-corrected chi connectivity index (χ2v) is 5.57. The van der Waals surface area contributed by atoms with Crippen LogP contribution >= 0.6 is 12.4 Å². The predicted molar refractivity (Wildman–Crippen MR) is 101 cm³/mol. The molecule has 0 amide bonds. The van der Waals surface area contributed by atoms with E-state index in [2.05, 4.69) is 16.0 Å². The fraction of sp³-hybridized carbons (Fsp3) is 0. The van der Waals surface area contributed by atoms with Gasteiger partial charge in [0.15, 0.2) is 5.82 Å². The number of benzene rings is 2. The average Bonchev–Trinajstić information content (AvgIpc) is 2.59. The van der Waals surface area contributed by atoms with Crippen LogP contribution in [-0.2, 0) is 0 Å². The van der Waals surface area contributed by atoms with Crippen molar-refractivity contribution in [2.24, 2.45) is 0 Å². The highest BCUT2D eigenvalue weighted by molar-refractivity contribution is 5.88. The largest absolute Gasteiger partial charge is 0.399 e. The summed E-state index contributed by atoms with van der Waals surface area (Å²) in [6.07, 6.45) is 0. The molecule has 0 saturated heterocycles. The molecule has 0 spiro atoms. The van der Waals surface area contributed by atoms with Crippen molar-refractivity contribution in [3.05, 3.63) is 74.9 Å². The van der Waals surface area contributed by atoms with E-state index in [0.29, 0.717) is 22.5 Å². The fourth-order valence-electron chi connectivity index (χ4n) is 2.87. The lowest BCUT2D eigenvalue weighted by atomic mass is 10.1. The van der Waals surface area contributed by atoms with Crippen molar-refractivity contribution < 1.29 is 0 Å². The van der Waals surface area contributed by atoms with Crippen LogP contribution in [-0.4, -0.2) is 14.5 Å². The number of H-pyrrole nitrogens is 1. The molecule has 0 unspecified atom stereocenters. The van der Waals surface area contributed by atoms with Crippen molar-refractivity contribution >= 4 is 29.0 Å². The summed E-state index contributed by atoms with van der Waals surface area (Å²) >= 11 is 0. The van der Waals surface area contributed by atoms with E-state index >= 15 is 0 Å². The minimum Gasteiger partial charge on any atom is -0.399 e. The third kappa shape index (κ3) is 2.68. The van der Waals surface area contributed by atoms with Crippen LogP contribution in [0.15, 0.2) is 58.1 Å². The van der Waals surface area contributed by atoms with Gasteiger partial charge in [-0.25, -0.2) is 4.79 Å². The monoisotopic (exact) mass is 365 g/mol. The number of fused-ring (bicyclic) bond motifs is 2. The lowest BCUT2D eigenvalue weighted by molar-refractivity contribution is 0.960. The summed E-state index contributed by atoms with van der Waals surface area (Å²) in [5.41, 5.74) is 7.19. The molecule has 0 atom stereocenters. The Morgan fingerprint density at radius 1 is 1.12 bits per heavy atom. The van der Waals surface area contributed by atoms with Crippen molar-refractivity contribution in [1.82, 2.24) is 14.5 Å². The first-order chi connectivity index (χ1) is 12.1. The molecular weight excluding hydrogens is 354 g/mol. The second kappa shape index (κ2) is 6.35. The fourth-order valence-corrected chi connectivity index (χ4v) is 2.87. The standard InChI is InChI=1S/C18H11N5O2.ClH/c19-9-10-4-5-11-7-14-16(21-18(25)22-17(14)24)23(15(11)6-10)13-3-1-2-12(20)8-13;/h1-8H,20H2,(H,22,24,25);1H. The Kier molecular flexibility index (Phi) is 4.20. The number of aromatic amines is 1. The lowest BCUT2D eigenvalue weighted by Crippen LogP contribution is -2.27. The minimum atomic E-state index is -0.731. The van der Waals surface area contributed by atoms with Crippen LogP contribution < -0.4 is 17.0 Å². The molecule has 3 N–H and O–H groups in total. The summed E-state index contributed by atoms with van der Waals surface area (Å²) in [5.74, 6) is 0.210. The molecule has 0 fully saturated rings. The lowest BCUT2D eigenvalue weighted by Gasteiger charge is -2.18. The van der Waals surface area contributed by atoms with E-state index in [-0.39, 0.29) is 23.8 Å². The molecule has 7 nitrogen and oxygen atoms in total. The van der Waals surface area contributed by atoms with Crippen LogP contribution in [0.2, 0.25) is 0 Å². The van der Waals surface area contributed by atoms with Crippen molar-refractivity contribution in [3.63, 3.8) is 0 Å². The third-order valence-electron chi connectivity index (χ3n) is 3.95. The molecule has 2 heterocycles. The van der Waals surface area contributed by atoms with Crippen LogP contribution in [0.1, 0.15) is 5.56 Å². The maximum absolute atomic E-state index is 12.2. The van der Waals surface area contributed by atoms with Crippen LogP contribution in [0.25, 0.3) is 28.0 Å². The molecule has 2 aliphatic heterocycles. The summed E-state index contributed by atoms with van der Waals surface area (Å²) < 4.78 is 1.67. The Balaban J connectivity index is 0.00000196. The van der Waals surface area contributed by atoms with Gasteiger partial charge in [-0.05, 0) is 41.8 Å². The van der Waals surface area contributed by atoms with E-state index < -0.39 is 11.2 Å². The molecule has 128 valence electrons. The van der Waals surface area contributed by atoms with Gasteiger partial charge in [0.25, 0.3) is 5.56 Å². The quantitative estimate of drug-likeness (QED) is 0.395. The van der Waals surface area contributed by atoms with Gasteiger partial charge < -0.3 is 5.73 Å². The molecule has 0 saturated carbocycles. The molecule has 26 heavy (non-hydrogen) atoms. The van der Waals surface area contributed by atoms with E-state index in [4.69, 9.17) is 5.73 Å². The zero-order valence-corrected chi connectivity index (χ0v) is 14.1. The molecule has 0 aromatic heterocycles. The predicted octanol–water partition coefficient (Wildman–Crippen LogP) is 2.05. The smallest absolute Gasteiger partial charge is 0.349 e. The van der Waals surface area contributed by atoms with Crippen molar-refractivity contribution in [2.45, 2.75) is 0 Å². The molecule has 0 radical (unpaired) electrons. The summed E-state index contributed by atoms with van der Waals surface area (Å²) in [5, 5.41) is 9.94. The number of nitrogen functional groups attached to an aromatic ring is 1. The molecule has 0 bridgehead atoms. The van der Waals surface area contributed by atoms with Gasteiger partial charge in [0, 0.05) is 11.4 Å². The van der Waals surface area contributed by atoms with Gasteiger partial charge in [0.05, 0.1) is 22.7 Å². The highest BCUT2D eigenvalue weighted by atomic mass is 35.5. The highest BCUT2D eigenvalue weighted by Crippen LogP contribution is 2.28. The zero-order chi connectivity index (χ0) is 17.6. The van der Waals surface area contributed by atoms with Gasteiger partial charge in [-0.15, -0.1) is 12.4 Å². The second-order valence-electron chi connectivity index (χ2n) is 5.57. The first-order valence-corrected chi connectivity index (χ1v) is 7.43. The number of nitrogens with one attached hydrogen (secondary N) is 1. The number of rotatable bonds is 1. The van der Waals surface area contributed by atoms with E-state index in [1.807, 2.05) is 0 Å². The average molecular weight is 366 g/mol. The van der Waals surface area contributed by atoms with Gasteiger partial charge in [0.1, 0.15) is 0 Å². The van der Waals surface area contributed by atoms with E-state index in [1.54, 1.807) is 53.1 Å². The Morgan fingerprint density at radius 3 is 2.65 bits per heavy atom. The van der Waals surface area contributed by atoms with E-state index in [1.165, 1.54) is 0 Å². The SMILES string of the molecule is Cl.N#Cc1ccc2cc3c(=O)[nH]c(=O)nc-3n(-c3cccc(N)c3)c2c1. The molecule has 4 rings (SSSR count). The number of nitrogens with two attached hydrogens (primary N) is 1. The Hall–Kier alpha value is -3.63. The Bertz CT molecular complexity index is 1270. The van der Waals surface area contributed by atoms with Gasteiger partial charge in [-0.2, -0.15) is 10.2 Å². The van der Waals surface area contributed by atoms with Crippen molar-refractivity contribution in [2.75, 3.05) is 5.73 Å². The number of anilines is 1. The van der Waals surface area contributed by atoms with Crippen LogP contribution in [0.3, 0.4) is 0 Å². The molecular formula is C18H12ClN5O2. The molecule has 0 aliphatic carbocycles.